The van der Waals surface area contributed by atoms with Gasteiger partial charge < -0.3 is 18.8 Å². The maximum absolute atomic E-state index is 15.8. The van der Waals surface area contributed by atoms with Gasteiger partial charge in [-0.1, -0.05) is 17.7 Å². The van der Waals surface area contributed by atoms with Gasteiger partial charge in [-0.2, -0.15) is 13.2 Å². The minimum atomic E-state index is -4.75. The first-order valence-corrected chi connectivity index (χ1v) is 15.2. The van der Waals surface area contributed by atoms with Gasteiger partial charge in [0.25, 0.3) is 0 Å². The quantitative estimate of drug-likeness (QED) is 0.140. The zero-order valence-electron chi connectivity index (χ0n) is 25.0. The average molecular weight is 665 g/mol. The second kappa shape index (κ2) is 12.8. The van der Waals surface area contributed by atoms with Crippen LogP contribution in [0.3, 0.4) is 0 Å². The number of carbonyl (C=O) groups excluding carboxylic acids is 1. The number of halogens is 6. The predicted molar refractivity (Wildman–Crippen MR) is 158 cm³/mol. The molecule has 2 aromatic heterocycles. The Morgan fingerprint density at radius 2 is 1.96 bits per heavy atom. The molecular formula is C32H30ClF5N4O4. The standard InChI is InChI=1S/C32H30ClF5N4O4/c1-3-44-31(43)22-6-7-25-28(27(22)35)42(14-21-9-11-45-21)29(39-25)17(2)41-10-8-18-12-23(32(36,37)38)30(40-26(18)15-41)46-16-19-4-5-20(33)13-24(19)34/h4-7,12-13,17,21H,3,8-11,14-16H2,1-2H3/t17?,21-/m0/s1. The fourth-order valence-corrected chi connectivity index (χ4v) is 5.92. The third-order valence-electron chi connectivity index (χ3n) is 8.33. The van der Waals surface area contributed by atoms with Gasteiger partial charge >= 0.3 is 12.1 Å². The van der Waals surface area contributed by atoms with Crippen LogP contribution in [0.15, 0.2) is 36.4 Å². The summed E-state index contributed by atoms with van der Waals surface area (Å²) >= 11 is 5.79. The first-order chi connectivity index (χ1) is 21.9. The summed E-state index contributed by atoms with van der Waals surface area (Å²) in [4.78, 5) is 23.4. The van der Waals surface area contributed by atoms with E-state index in [1.54, 1.807) is 17.6 Å². The zero-order chi connectivity index (χ0) is 32.7. The van der Waals surface area contributed by atoms with Crippen LogP contribution in [0, 0.1) is 11.6 Å². The Hall–Kier alpha value is -3.81. The van der Waals surface area contributed by atoms with E-state index in [1.807, 2.05) is 11.8 Å². The van der Waals surface area contributed by atoms with Crippen molar-refractivity contribution < 1.29 is 41.0 Å². The molecule has 14 heteroatoms. The second-order valence-corrected chi connectivity index (χ2v) is 11.7. The number of benzene rings is 2. The zero-order valence-corrected chi connectivity index (χ0v) is 25.7. The Bertz CT molecular complexity index is 1790. The van der Waals surface area contributed by atoms with Crippen LogP contribution in [0.1, 0.15) is 64.9 Å². The lowest BCUT2D eigenvalue weighted by molar-refractivity contribution is -0.139. The number of fused-ring (bicyclic) bond motifs is 2. The van der Waals surface area contributed by atoms with Crippen LogP contribution >= 0.6 is 11.6 Å². The number of rotatable bonds is 9. The number of aromatic nitrogens is 3. The minimum absolute atomic E-state index is 0.0278. The molecule has 4 heterocycles. The maximum Gasteiger partial charge on any atom is 0.421 e. The van der Waals surface area contributed by atoms with E-state index in [0.717, 1.165) is 18.6 Å². The van der Waals surface area contributed by atoms with Crippen LogP contribution in [0.5, 0.6) is 5.88 Å². The molecule has 0 amide bonds. The van der Waals surface area contributed by atoms with E-state index in [-0.39, 0.29) is 47.3 Å². The highest BCUT2D eigenvalue weighted by molar-refractivity contribution is 6.30. The van der Waals surface area contributed by atoms with Crippen molar-refractivity contribution in [2.75, 3.05) is 19.8 Å². The van der Waals surface area contributed by atoms with Gasteiger partial charge in [-0.15, -0.1) is 0 Å². The van der Waals surface area contributed by atoms with Crippen molar-refractivity contribution in [2.24, 2.45) is 0 Å². The van der Waals surface area contributed by atoms with Gasteiger partial charge in [0.2, 0.25) is 5.88 Å². The van der Waals surface area contributed by atoms with Crippen LogP contribution in [0.4, 0.5) is 22.0 Å². The van der Waals surface area contributed by atoms with Gasteiger partial charge in [0.15, 0.2) is 5.82 Å². The van der Waals surface area contributed by atoms with Crippen LogP contribution < -0.4 is 4.74 Å². The van der Waals surface area contributed by atoms with Crippen molar-refractivity contribution in [3.63, 3.8) is 0 Å². The minimum Gasteiger partial charge on any atom is -0.472 e. The maximum atomic E-state index is 15.8. The highest BCUT2D eigenvalue weighted by Gasteiger charge is 2.38. The molecule has 0 N–H and O–H groups in total. The van der Waals surface area contributed by atoms with Gasteiger partial charge in [0.05, 0.1) is 42.1 Å². The smallest absolute Gasteiger partial charge is 0.421 e. The molecule has 6 rings (SSSR count). The lowest BCUT2D eigenvalue weighted by Gasteiger charge is -2.34. The molecule has 244 valence electrons. The highest BCUT2D eigenvalue weighted by atomic mass is 35.5. The SMILES string of the molecule is CCOC(=O)c1ccc2nc(C(C)N3CCc4cc(C(F)(F)F)c(OCc5ccc(Cl)cc5F)nc4C3)n(C[C@@H]3CCO3)c2c1F. The molecule has 0 radical (unpaired) electrons. The average Bonchev–Trinajstić information content (AvgIpc) is 3.36. The van der Waals surface area contributed by atoms with E-state index >= 15 is 4.39 Å². The lowest BCUT2D eigenvalue weighted by Crippen LogP contribution is -2.37. The summed E-state index contributed by atoms with van der Waals surface area (Å²) in [5.74, 6) is -2.38. The molecule has 0 saturated carbocycles. The molecule has 0 spiro atoms. The van der Waals surface area contributed by atoms with Gasteiger partial charge in [-0.05, 0) is 62.6 Å². The molecule has 2 aliphatic heterocycles. The Morgan fingerprint density at radius 1 is 1.17 bits per heavy atom. The highest BCUT2D eigenvalue weighted by Crippen LogP contribution is 2.39. The largest absolute Gasteiger partial charge is 0.472 e. The van der Waals surface area contributed by atoms with E-state index in [0.29, 0.717) is 42.3 Å². The molecule has 46 heavy (non-hydrogen) atoms. The Morgan fingerprint density at radius 3 is 2.63 bits per heavy atom. The first kappa shape index (κ1) is 32.1. The number of ether oxygens (including phenoxy) is 3. The van der Waals surface area contributed by atoms with Crippen molar-refractivity contribution in [3.8, 4) is 5.88 Å². The molecular weight excluding hydrogens is 635 g/mol. The number of pyridine rings is 1. The summed E-state index contributed by atoms with van der Waals surface area (Å²) in [5.41, 5.74) is 0.0744. The summed E-state index contributed by atoms with van der Waals surface area (Å²) < 4.78 is 90.1. The predicted octanol–water partition coefficient (Wildman–Crippen LogP) is 7.05. The Labute approximate surface area is 266 Å². The normalized spacial score (nSPS) is 17.4. The second-order valence-electron chi connectivity index (χ2n) is 11.2. The number of alkyl halides is 3. The molecule has 1 fully saturated rings. The number of nitrogens with zero attached hydrogens (tertiary/aromatic N) is 4. The van der Waals surface area contributed by atoms with Crippen molar-refractivity contribution in [1.82, 2.24) is 19.4 Å². The molecule has 0 bridgehead atoms. The summed E-state index contributed by atoms with van der Waals surface area (Å²) in [5, 5.41) is 0.147. The van der Waals surface area contributed by atoms with Crippen LogP contribution in [-0.2, 0) is 41.8 Å². The van der Waals surface area contributed by atoms with Crippen molar-refractivity contribution >= 4 is 28.6 Å². The van der Waals surface area contributed by atoms with E-state index < -0.39 is 47.9 Å². The fraction of sp³-hybridized carbons (Fsp3) is 0.406. The van der Waals surface area contributed by atoms with Crippen LogP contribution in [0.2, 0.25) is 5.02 Å². The number of esters is 1. The monoisotopic (exact) mass is 664 g/mol. The summed E-state index contributed by atoms with van der Waals surface area (Å²) in [6.45, 7) is 4.54. The summed E-state index contributed by atoms with van der Waals surface area (Å²) in [7, 11) is 0. The van der Waals surface area contributed by atoms with E-state index in [1.165, 1.54) is 18.2 Å². The van der Waals surface area contributed by atoms with Gasteiger partial charge in [-0.25, -0.2) is 23.5 Å². The van der Waals surface area contributed by atoms with Crippen molar-refractivity contribution in [3.05, 3.63) is 86.8 Å². The number of imidazole rings is 1. The molecule has 8 nitrogen and oxygen atoms in total. The molecule has 1 unspecified atom stereocenters. The van der Waals surface area contributed by atoms with Crippen LogP contribution in [-0.4, -0.2) is 51.3 Å². The topological polar surface area (TPSA) is 78.7 Å². The molecule has 4 aromatic rings. The van der Waals surface area contributed by atoms with Gasteiger partial charge in [0.1, 0.15) is 29.3 Å². The summed E-state index contributed by atoms with van der Waals surface area (Å²) in [6.07, 6.45) is -3.88. The first-order valence-electron chi connectivity index (χ1n) is 14.8. The fourth-order valence-electron chi connectivity index (χ4n) is 5.76. The van der Waals surface area contributed by atoms with E-state index in [9.17, 15) is 22.4 Å². The molecule has 2 atom stereocenters. The Kier molecular flexibility index (Phi) is 8.92. The van der Waals surface area contributed by atoms with Crippen LogP contribution in [0.25, 0.3) is 11.0 Å². The number of carbonyl (C=O) groups is 1. The molecule has 1 saturated heterocycles. The molecule has 2 aliphatic rings. The summed E-state index contributed by atoms with van der Waals surface area (Å²) in [6, 6.07) is 7.33. The van der Waals surface area contributed by atoms with Crippen molar-refractivity contribution in [1.29, 1.82) is 0 Å². The molecule has 0 aliphatic carbocycles. The van der Waals surface area contributed by atoms with Gasteiger partial charge in [0, 0.05) is 30.3 Å². The Balaban J connectivity index is 1.32. The third kappa shape index (κ3) is 6.27. The third-order valence-corrected chi connectivity index (χ3v) is 8.57. The number of hydrogen-bond donors (Lipinski definition) is 0. The van der Waals surface area contributed by atoms with Crippen molar-refractivity contribution in [2.45, 2.75) is 64.7 Å². The van der Waals surface area contributed by atoms with E-state index in [4.69, 9.17) is 30.8 Å². The van der Waals surface area contributed by atoms with Gasteiger partial charge in [-0.3, -0.25) is 4.90 Å². The number of hydrogen-bond acceptors (Lipinski definition) is 7. The van der Waals surface area contributed by atoms with E-state index in [2.05, 4.69) is 4.98 Å². The molecule has 2 aromatic carbocycles. The lowest BCUT2D eigenvalue weighted by atomic mass is 10.0.